The molecule has 1 aliphatic rings. The van der Waals surface area contributed by atoms with E-state index in [-0.39, 0.29) is 9.99 Å². The Morgan fingerprint density at radius 2 is 2.08 bits per heavy atom. The number of hydrogen-bond donors (Lipinski definition) is 1. The summed E-state index contributed by atoms with van der Waals surface area (Å²) in [6.07, 6.45) is 2.23. The first-order valence-electron chi connectivity index (χ1n) is 8.20. The molecule has 0 aliphatic heterocycles. The summed E-state index contributed by atoms with van der Waals surface area (Å²) in [5.74, 6) is -1.09. The van der Waals surface area contributed by atoms with Crippen molar-refractivity contribution in [2.24, 2.45) is 0 Å². The molecule has 2 aromatic heterocycles. The van der Waals surface area contributed by atoms with Crippen LogP contribution in [0.5, 0.6) is 0 Å². The standard InChI is InChI=1S/C17H20N2O5S2/c1-11-8-14(12(2)19(11)13-5-6-13)15(20)10-24-16(21)9-18-26(22,23)17-4-3-7-25-17/h3-4,7-8,13,18H,5-6,9-10H2,1-2H3. The van der Waals surface area contributed by atoms with Crippen LogP contribution < -0.4 is 4.72 Å². The zero-order chi connectivity index (χ0) is 18.9. The Morgan fingerprint density at radius 3 is 2.69 bits per heavy atom. The molecule has 1 N–H and O–H groups in total. The molecule has 2 aromatic rings. The largest absolute Gasteiger partial charge is 0.456 e. The molecule has 1 saturated carbocycles. The van der Waals surface area contributed by atoms with Crippen LogP contribution in [-0.4, -0.2) is 37.9 Å². The zero-order valence-electron chi connectivity index (χ0n) is 14.5. The molecule has 0 bridgehead atoms. The van der Waals surface area contributed by atoms with Crippen molar-refractivity contribution in [1.29, 1.82) is 0 Å². The van der Waals surface area contributed by atoms with Gasteiger partial charge in [0.1, 0.15) is 10.8 Å². The maximum absolute atomic E-state index is 12.3. The maximum Gasteiger partial charge on any atom is 0.321 e. The maximum atomic E-state index is 12.3. The number of ketones is 1. The number of ether oxygens (including phenoxy) is 1. The van der Waals surface area contributed by atoms with E-state index in [1.54, 1.807) is 11.4 Å². The van der Waals surface area contributed by atoms with Crippen molar-refractivity contribution in [3.05, 3.63) is 40.5 Å². The van der Waals surface area contributed by atoms with Crippen LogP contribution in [0.2, 0.25) is 0 Å². The van der Waals surface area contributed by atoms with E-state index < -0.39 is 29.1 Å². The highest BCUT2D eigenvalue weighted by Crippen LogP contribution is 2.38. The number of hydrogen-bond acceptors (Lipinski definition) is 6. The molecule has 9 heteroatoms. The van der Waals surface area contributed by atoms with Crippen LogP contribution in [0.25, 0.3) is 0 Å². The van der Waals surface area contributed by atoms with Gasteiger partial charge < -0.3 is 9.30 Å². The van der Waals surface area contributed by atoms with Crippen molar-refractivity contribution in [3.63, 3.8) is 0 Å². The van der Waals surface area contributed by atoms with Gasteiger partial charge in [0.25, 0.3) is 10.0 Å². The van der Waals surface area contributed by atoms with Gasteiger partial charge in [-0.1, -0.05) is 6.07 Å². The van der Waals surface area contributed by atoms with Crippen LogP contribution in [0.4, 0.5) is 0 Å². The van der Waals surface area contributed by atoms with Gasteiger partial charge in [0.15, 0.2) is 6.61 Å². The first-order valence-corrected chi connectivity index (χ1v) is 10.6. The fourth-order valence-corrected chi connectivity index (χ4v) is 4.88. The monoisotopic (exact) mass is 396 g/mol. The number of aryl methyl sites for hydroxylation is 1. The van der Waals surface area contributed by atoms with Gasteiger partial charge in [0, 0.05) is 23.0 Å². The van der Waals surface area contributed by atoms with E-state index in [0.29, 0.717) is 11.6 Å². The number of carbonyl (C=O) groups is 2. The van der Waals surface area contributed by atoms with E-state index in [0.717, 1.165) is 35.6 Å². The number of esters is 1. The number of nitrogens with one attached hydrogen (secondary N) is 1. The minimum Gasteiger partial charge on any atom is -0.456 e. The lowest BCUT2D eigenvalue weighted by Crippen LogP contribution is -2.31. The van der Waals surface area contributed by atoms with E-state index in [4.69, 9.17) is 4.74 Å². The van der Waals surface area contributed by atoms with Crippen LogP contribution in [-0.2, 0) is 19.6 Å². The van der Waals surface area contributed by atoms with Crippen LogP contribution >= 0.6 is 11.3 Å². The number of rotatable bonds is 8. The molecule has 26 heavy (non-hydrogen) atoms. The first kappa shape index (κ1) is 18.8. The van der Waals surface area contributed by atoms with Crippen LogP contribution in [0.1, 0.15) is 40.6 Å². The third-order valence-electron chi connectivity index (χ3n) is 4.23. The Bertz CT molecular complexity index is 925. The Labute approximate surface area is 156 Å². The van der Waals surface area contributed by atoms with E-state index in [1.807, 2.05) is 19.9 Å². The molecule has 0 saturated heterocycles. The highest BCUT2D eigenvalue weighted by atomic mass is 32.2. The summed E-state index contributed by atoms with van der Waals surface area (Å²) in [7, 11) is -3.73. The Kier molecular flexibility index (Phi) is 5.31. The van der Waals surface area contributed by atoms with Gasteiger partial charge in [-0.05, 0) is 44.2 Å². The zero-order valence-corrected chi connectivity index (χ0v) is 16.2. The molecule has 0 atom stereocenters. The summed E-state index contributed by atoms with van der Waals surface area (Å²) >= 11 is 1.05. The fraction of sp³-hybridized carbons (Fsp3) is 0.412. The molecule has 2 heterocycles. The summed E-state index contributed by atoms with van der Waals surface area (Å²) < 4.78 is 33.2. The van der Waals surface area contributed by atoms with Gasteiger partial charge >= 0.3 is 5.97 Å². The third kappa shape index (κ3) is 4.05. The minimum atomic E-state index is -3.73. The van der Waals surface area contributed by atoms with Crippen molar-refractivity contribution >= 4 is 33.1 Å². The van der Waals surface area contributed by atoms with Gasteiger partial charge in [0.2, 0.25) is 5.78 Å². The number of nitrogens with zero attached hydrogens (tertiary/aromatic N) is 1. The molecule has 140 valence electrons. The summed E-state index contributed by atoms with van der Waals surface area (Å²) in [5, 5.41) is 1.63. The van der Waals surface area contributed by atoms with Crippen LogP contribution in [0, 0.1) is 13.8 Å². The molecule has 3 rings (SSSR count). The van der Waals surface area contributed by atoms with E-state index in [1.165, 1.54) is 6.07 Å². The molecule has 1 aliphatic carbocycles. The van der Waals surface area contributed by atoms with Crippen LogP contribution in [0.15, 0.2) is 27.8 Å². The molecule has 0 amide bonds. The van der Waals surface area contributed by atoms with Crippen LogP contribution in [0.3, 0.4) is 0 Å². The summed E-state index contributed by atoms with van der Waals surface area (Å²) in [6.45, 7) is 2.91. The lowest BCUT2D eigenvalue weighted by atomic mass is 10.1. The second kappa shape index (κ2) is 7.34. The van der Waals surface area contributed by atoms with Crippen molar-refractivity contribution < 1.29 is 22.7 Å². The highest BCUT2D eigenvalue weighted by Gasteiger charge is 2.28. The molecule has 0 aromatic carbocycles. The summed E-state index contributed by atoms with van der Waals surface area (Å²) in [4.78, 5) is 24.1. The Balaban J connectivity index is 1.53. The smallest absolute Gasteiger partial charge is 0.321 e. The summed E-state index contributed by atoms with van der Waals surface area (Å²) in [5.41, 5.74) is 2.44. The molecular formula is C17H20N2O5S2. The number of sulfonamides is 1. The molecule has 1 fully saturated rings. The molecular weight excluding hydrogens is 376 g/mol. The minimum absolute atomic E-state index is 0.119. The normalized spacial score (nSPS) is 14.4. The number of carbonyl (C=O) groups excluding carboxylic acids is 2. The topological polar surface area (TPSA) is 94.5 Å². The van der Waals surface area contributed by atoms with Gasteiger partial charge in [-0.15, -0.1) is 11.3 Å². The lowest BCUT2D eigenvalue weighted by Gasteiger charge is -2.08. The number of thiophene rings is 1. The average Bonchev–Trinajstić information content (AvgIpc) is 3.15. The SMILES string of the molecule is Cc1cc(C(=O)COC(=O)CNS(=O)(=O)c2cccs2)c(C)n1C1CC1. The predicted molar refractivity (Wildman–Crippen MR) is 97.0 cm³/mol. The van der Waals surface area contributed by atoms with Gasteiger partial charge in [-0.25, -0.2) is 8.42 Å². The van der Waals surface area contributed by atoms with Crippen molar-refractivity contribution in [1.82, 2.24) is 9.29 Å². The van der Waals surface area contributed by atoms with E-state index in [2.05, 4.69) is 9.29 Å². The van der Waals surface area contributed by atoms with Crippen molar-refractivity contribution in [3.8, 4) is 0 Å². The number of Topliss-reactive ketones (excluding diaryl/α,β-unsaturated/α-hetero) is 1. The molecule has 0 unspecified atom stereocenters. The second-order valence-corrected chi connectivity index (χ2v) is 9.17. The highest BCUT2D eigenvalue weighted by molar-refractivity contribution is 7.91. The molecule has 0 radical (unpaired) electrons. The fourth-order valence-electron chi connectivity index (χ4n) is 2.87. The van der Waals surface area contributed by atoms with Gasteiger partial charge in [-0.3, -0.25) is 9.59 Å². The van der Waals surface area contributed by atoms with Crippen molar-refractivity contribution in [2.75, 3.05) is 13.2 Å². The predicted octanol–water partition coefficient (Wildman–Crippen LogP) is 2.21. The Morgan fingerprint density at radius 1 is 1.35 bits per heavy atom. The Hall–Kier alpha value is -1.97. The first-order chi connectivity index (χ1) is 12.3. The van der Waals surface area contributed by atoms with E-state index in [9.17, 15) is 18.0 Å². The third-order valence-corrected chi connectivity index (χ3v) is 7.03. The number of aromatic nitrogens is 1. The molecule has 7 nitrogen and oxygen atoms in total. The quantitative estimate of drug-likeness (QED) is 0.545. The molecule has 0 spiro atoms. The van der Waals surface area contributed by atoms with E-state index >= 15 is 0 Å². The van der Waals surface area contributed by atoms with Gasteiger partial charge in [-0.2, -0.15) is 4.72 Å². The lowest BCUT2D eigenvalue weighted by molar-refractivity contribution is -0.141. The average molecular weight is 396 g/mol. The van der Waals surface area contributed by atoms with Gasteiger partial charge in [0.05, 0.1) is 0 Å². The summed E-state index contributed by atoms with van der Waals surface area (Å²) in [6, 6.07) is 5.32. The van der Waals surface area contributed by atoms with Crippen molar-refractivity contribution in [2.45, 2.75) is 36.9 Å². The second-order valence-electron chi connectivity index (χ2n) is 6.23.